The molecule has 2 N–H and O–H groups in total. The van der Waals surface area contributed by atoms with Crippen LogP contribution in [0.15, 0.2) is 42.5 Å². The number of nitrogens with one attached hydrogen (secondary N) is 2. The molecule has 0 saturated heterocycles. The number of hydrogen-bond donors (Lipinski definition) is 2. The van der Waals surface area contributed by atoms with Gasteiger partial charge < -0.3 is 10.6 Å². The van der Waals surface area contributed by atoms with E-state index >= 15 is 0 Å². The maximum atomic E-state index is 12.5. The Morgan fingerprint density at radius 1 is 1.17 bits per heavy atom. The summed E-state index contributed by atoms with van der Waals surface area (Å²) in [6, 6.07) is 12.3. The number of hydrogen-bond acceptors (Lipinski definition) is 4. The van der Waals surface area contributed by atoms with Gasteiger partial charge in [0.15, 0.2) is 0 Å². The third-order valence-corrected chi connectivity index (χ3v) is 6.21. The van der Waals surface area contributed by atoms with Crippen LogP contribution in [0.5, 0.6) is 0 Å². The molecule has 0 spiro atoms. The Hall–Kier alpha value is -2.87. The molecule has 1 heterocycles. The van der Waals surface area contributed by atoms with Crippen LogP contribution in [0.2, 0.25) is 0 Å². The molecule has 0 unspecified atom stereocenters. The summed E-state index contributed by atoms with van der Waals surface area (Å²) < 4.78 is 25.4. The second-order valence-electron chi connectivity index (χ2n) is 7.20. The number of amides is 2. The molecule has 2 aromatic rings. The third-order valence-electron chi connectivity index (χ3n) is 4.93. The molecule has 0 aliphatic carbocycles. The fourth-order valence-corrected chi connectivity index (χ4v) is 4.92. The highest BCUT2D eigenvalue weighted by Gasteiger charge is 2.32. The summed E-state index contributed by atoms with van der Waals surface area (Å²) in [5.74, 6) is -0.686. The average molecular weight is 416 g/mol. The number of benzene rings is 2. The van der Waals surface area contributed by atoms with E-state index in [1.54, 1.807) is 18.2 Å². The number of nitrogens with zero attached hydrogens (tertiary/aromatic N) is 1. The van der Waals surface area contributed by atoms with E-state index in [0.29, 0.717) is 17.7 Å². The molecule has 0 bridgehead atoms. The van der Waals surface area contributed by atoms with E-state index in [-0.39, 0.29) is 24.4 Å². The van der Waals surface area contributed by atoms with Gasteiger partial charge in [-0.2, -0.15) is 0 Å². The van der Waals surface area contributed by atoms with Crippen LogP contribution in [0.4, 0.5) is 11.4 Å². The number of sulfonamides is 1. The molecule has 0 saturated carbocycles. The molecule has 1 aliphatic rings. The lowest BCUT2D eigenvalue weighted by Crippen LogP contribution is -2.34. The fourth-order valence-electron chi connectivity index (χ4n) is 3.66. The van der Waals surface area contributed by atoms with Crippen molar-refractivity contribution in [2.75, 3.05) is 22.4 Å². The summed E-state index contributed by atoms with van der Waals surface area (Å²) in [5.41, 5.74) is 3.56. The van der Waals surface area contributed by atoms with E-state index in [9.17, 15) is 18.0 Å². The van der Waals surface area contributed by atoms with Gasteiger partial charge in [0.05, 0.1) is 18.5 Å². The molecule has 0 aromatic heterocycles. The molecule has 2 aromatic carbocycles. The molecule has 7 nitrogen and oxygen atoms in total. The second kappa shape index (κ2) is 8.24. The fraction of sp³-hybridized carbons (Fsp3) is 0.333. The van der Waals surface area contributed by atoms with Crippen LogP contribution in [0, 0.1) is 0 Å². The zero-order valence-corrected chi connectivity index (χ0v) is 17.5. The Balaban J connectivity index is 1.65. The van der Waals surface area contributed by atoms with Crippen molar-refractivity contribution < 1.29 is 18.0 Å². The number of anilines is 2. The largest absolute Gasteiger partial charge is 0.343 e. The van der Waals surface area contributed by atoms with Crippen LogP contribution < -0.4 is 14.9 Å². The molecule has 0 fully saturated rings. The van der Waals surface area contributed by atoms with Gasteiger partial charge in [0.2, 0.25) is 15.9 Å². The number of fused-ring (bicyclic) bond motifs is 1. The molecule has 154 valence electrons. The maximum absolute atomic E-state index is 12.5. The average Bonchev–Trinajstić information content (AvgIpc) is 3.01. The van der Waals surface area contributed by atoms with Crippen molar-refractivity contribution in [2.45, 2.75) is 32.7 Å². The van der Waals surface area contributed by atoms with Gasteiger partial charge in [0, 0.05) is 17.3 Å². The topological polar surface area (TPSA) is 95.6 Å². The lowest BCUT2D eigenvalue weighted by molar-refractivity contribution is -0.115. The van der Waals surface area contributed by atoms with Crippen molar-refractivity contribution in [1.29, 1.82) is 0 Å². The van der Waals surface area contributed by atoms with Crippen molar-refractivity contribution in [3.8, 4) is 0 Å². The normalized spacial score (nSPS) is 15.7. The molecule has 8 heteroatoms. The summed E-state index contributed by atoms with van der Waals surface area (Å²) in [4.78, 5) is 24.7. The Morgan fingerprint density at radius 2 is 1.90 bits per heavy atom. The van der Waals surface area contributed by atoms with Gasteiger partial charge in [-0.15, -0.1) is 0 Å². The molecular formula is C21H25N3O4S. The highest BCUT2D eigenvalue weighted by Crippen LogP contribution is 2.34. The zero-order chi connectivity index (χ0) is 21.2. The van der Waals surface area contributed by atoms with E-state index in [4.69, 9.17) is 0 Å². The summed E-state index contributed by atoms with van der Waals surface area (Å²) in [7, 11) is -3.38. The Morgan fingerprint density at radius 3 is 2.59 bits per heavy atom. The molecule has 1 atom stereocenters. The number of rotatable bonds is 6. The van der Waals surface area contributed by atoms with Gasteiger partial charge in [-0.1, -0.05) is 25.1 Å². The van der Waals surface area contributed by atoms with E-state index in [0.717, 1.165) is 23.2 Å². The first kappa shape index (κ1) is 20.9. The molecule has 29 heavy (non-hydrogen) atoms. The second-order valence-corrected chi connectivity index (χ2v) is 9.06. The van der Waals surface area contributed by atoms with E-state index < -0.39 is 10.0 Å². The van der Waals surface area contributed by atoms with Crippen LogP contribution in [0.3, 0.4) is 0 Å². The zero-order valence-electron chi connectivity index (χ0n) is 16.7. The van der Waals surface area contributed by atoms with E-state index in [1.807, 2.05) is 38.1 Å². The number of para-hydroxylation sites is 1. The lowest BCUT2D eigenvalue weighted by Gasteiger charge is -2.21. The van der Waals surface area contributed by atoms with Gasteiger partial charge in [-0.25, -0.2) is 8.42 Å². The standard InChI is InChI=1S/C21H25N3O4S/c1-4-15-7-5-6-8-18(15)23-20(25)13-22-21(26)16-9-10-19-17(12-16)11-14(2)24(19)29(3,27)28/h5-10,12,14H,4,11,13H2,1-3H3,(H,22,26)(H,23,25)/t14-/m1/s1. The van der Waals surface area contributed by atoms with Crippen LogP contribution in [0.25, 0.3) is 0 Å². The van der Waals surface area contributed by atoms with Crippen molar-refractivity contribution in [1.82, 2.24) is 5.32 Å². The summed E-state index contributed by atoms with van der Waals surface area (Å²) in [6.45, 7) is 3.69. The summed E-state index contributed by atoms with van der Waals surface area (Å²) >= 11 is 0. The van der Waals surface area contributed by atoms with Crippen molar-refractivity contribution >= 4 is 33.2 Å². The third kappa shape index (κ3) is 4.59. The van der Waals surface area contributed by atoms with Crippen molar-refractivity contribution in [3.05, 3.63) is 59.2 Å². The molecule has 3 rings (SSSR count). The Bertz CT molecular complexity index is 1050. The van der Waals surface area contributed by atoms with Gasteiger partial charge >= 0.3 is 0 Å². The first-order valence-electron chi connectivity index (χ1n) is 9.49. The summed E-state index contributed by atoms with van der Waals surface area (Å²) in [5, 5.41) is 5.43. The predicted octanol–water partition coefficient (Wildman–Crippen LogP) is 2.33. The van der Waals surface area contributed by atoms with Gasteiger partial charge in [-0.3, -0.25) is 13.9 Å². The smallest absolute Gasteiger partial charge is 0.251 e. The predicted molar refractivity (Wildman–Crippen MR) is 114 cm³/mol. The van der Waals surface area contributed by atoms with E-state index in [1.165, 1.54) is 10.6 Å². The highest BCUT2D eigenvalue weighted by molar-refractivity contribution is 7.92. The molecule has 0 radical (unpaired) electrons. The maximum Gasteiger partial charge on any atom is 0.251 e. The summed E-state index contributed by atoms with van der Waals surface area (Å²) in [6.07, 6.45) is 2.51. The SMILES string of the molecule is CCc1ccccc1NC(=O)CNC(=O)c1ccc2c(c1)C[C@@H](C)N2S(C)(=O)=O. The van der Waals surface area contributed by atoms with Crippen molar-refractivity contribution in [3.63, 3.8) is 0 Å². The minimum Gasteiger partial charge on any atom is -0.343 e. The molecule has 2 amide bonds. The first-order chi connectivity index (χ1) is 13.7. The monoisotopic (exact) mass is 415 g/mol. The minimum atomic E-state index is -3.38. The van der Waals surface area contributed by atoms with Crippen LogP contribution >= 0.6 is 0 Å². The molecular weight excluding hydrogens is 390 g/mol. The number of carbonyl (C=O) groups is 2. The van der Waals surface area contributed by atoms with Crippen LogP contribution in [-0.4, -0.2) is 39.1 Å². The quantitative estimate of drug-likeness (QED) is 0.757. The van der Waals surface area contributed by atoms with E-state index in [2.05, 4.69) is 10.6 Å². The number of carbonyl (C=O) groups excluding carboxylic acids is 2. The first-order valence-corrected chi connectivity index (χ1v) is 11.3. The minimum absolute atomic E-state index is 0.153. The van der Waals surface area contributed by atoms with Crippen LogP contribution in [-0.2, 0) is 27.7 Å². The highest BCUT2D eigenvalue weighted by atomic mass is 32.2. The van der Waals surface area contributed by atoms with Gasteiger partial charge in [0.1, 0.15) is 0 Å². The molecule has 1 aliphatic heterocycles. The number of aryl methyl sites for hydroxylation is 1. The van der Waals surface area contributed by atoms with Gasteiger partial charge in [-0.05, 0) is 55.2 Å². The van der Waals surface area contributed by atoms with Gasteiger partial charge in [0.25, 0.3) is 5.91 Å². The van der Waals surface area contributed by atoms with Crippen molar-refractivity contribution in [2.24, 2.45) is 0 Å². The lowest BCUT2D eigenvalue weighted by atomic mass is 10.1. The Kier molecular flexibility index (Phi) is 5.93. The van der Waals surface area contributed by atoms with Crippen LogP contribution in [0.1, 0.15) is 35.3 Å². The Labute approximate surface area is 171 Å².